The van der Waals surface area contributed by atoms with Crippen LogP contribution in [-0.4, -0.2) is 37.0 Å². The van der Waals surface area contributed by atoms with Crippen LogP contribution in [0.2, 0.25) is 0 Å². The average Bonchev–Trinajstić information content (AvgIpc) is 3.17. The number of nitrogens with two attached hydrogens (primary N) is 1. The zero-order valence-electron chi connectivity index (χ0n) is 13.4. The van der Waals surface area contributed by atoms with Crippen LogP contribution in [0.15, 0.2) is 20.1 Å². The Kier molecular flexibility index (Phi) is 3.81. The second-order valence-electron chi connectivity index (χ2n) is 6.11. The highest BCUT2D eigenvalue weighted by Gasteiger charge is 2.36. The van der Waals surface area contributed by atoms with Gasteiger partial charge in [-0.15, -0.1) is 0 Å². The van der Waals surface area contributed by atoms with Crippen molar-refractivity contribution in [1.29, 1.82) is 0 Å². The molecule has 0 spiro atoms. The number of aryl methyl sites for hydroxylation is 1. The molecule has 2 heterocycles. The van der Waals surface area contributed by atoms with Crippen LogP contribution in [0.4, 0.5) is 0 Å². The van der Waals surface area contributed by atoms with Gasteiger partial charge in [0.15, 0.2) is 5.82 Å². The number of sulfonamides is 1. The molecule has 0 aromatic carbocycles. The highest BCUT2D eigenvalue weighted by atomic mass is 32.2. The molecule has 23 heavy (non-hydrogen) atoms. The molecule has 0 saturated heterocycles. The lowest BCUT2D eigenvalue weighted by Crippen LogP contribution is -2.34. The first kappa shape index (κ1) is 16.2. The van der Waals surface area contributed by atoms with Gasteiger partial charge in [-0.3, -0.25) is 0 Å². The van der Waals surface area contributed by atoms with Crippen LogP contribution in [0.5, 0.6) is 0 Å². The monoisotopic (exact) mass is 340 g/mol. The van der Waals surface area contributed by atoms with Gasteiger partial charge in [-0.2, -0.15) is 4.98 Å². The standard InChI is InChI=1S/C14H20N4O4S/c1-9-10(8-11(21-9)23(19,20)18(2)3)12-16-13(17-22-12)14(15)6-4-5-7-14/h8H,4-7,15H2,1-3H3. The maximum Gasteiger partial charge on any atom is 0.275 e. The second kappa shape index (κ2) is 5.43. The van der Waals surface area contributed by atoms with Crippen molar-refractivity contribution < 1.29 is 17.4 Å². The molecule has 0 atom stereocenters. The van der Waals surface area contributed by atoms with Crippen molar-refractivity contribution in [3.05, 3.63) is 17.7 Å². The van der Waals surface area contributed by atoms with E-state index in [1.807, 2.05) is 0 Å². The van der Waals surface area contributed by atoms with Gasteiger partial charge in [0.2, 0.25) is 5.09 Å². The minimum atomic E-state index is -3.66. The van der Waals surface area contributed by atoms with E-state index in [4.69, 9.17) is 14.7 Å². The summed E-state index contributed by atoms with van der Waals surface area (Å²) < 4.78 is 36.0. The van der Waals surface area contributed by atoms with Gasteiger partial charge in [0.05, 0.1) is 11.1 Å². The smallest absolute Gasteiger partial charge is 0.275 e. The maximum absolute atomic E-state index is 12.1. The Morgan fingerprint density at radius 2 is 1.96 bits per heavy atom. The van der Waals surface area contributed by atoms with E-state index in [-0.39, 0.29) is 11.0 Å². The molecule has 1 saturated carbocycles. The summed E-state index contributed by atoms with van der Waals surface area (Å²) in [5.74, 6) is 1.08. The van der Waals surface area contributed by atoms with E-state index in [1.54, 1.807) is 6.92 Å². The van der Waals surface area contributed by atoms with Gasteiger partial charge in [-0.25, -0.2) is 12.7 Å². The zero-order chi connectivity index (χ0) is 16.8. The van der Waals surface area contributed by atoms with E-state index < -0.39 is 15.6 Å². The normalized spacial score (nSPS) is 18.0. The lowest BCUT2D eigenvalue weighted by molar-refractivity contribution is 0.372. The fourth-order valence-electron chi connectivity index (χ4n) is 2.74. The van der Waals surface area contributed by atoms with Crippen LogP contribution in [0.3, 0.4) is 0 Å². The van der Waals surface area contributed by atoms with E-state index in [0.29, 0.717) is 17.1 Å². The van der Waals surface area contributed by atoms with Gasteiger partial charge < -0.3 is 14.7 Å². The van der Waals surface area contributed by atoms with E-state index in [0.717, 1.165) is 30.0 Å². The number of furan rings is 1. The van der Waals surface area contributed by atoms with Gasteiger partial charge in [0, 0.05) is 20.2 Å². The first-order valence-corrected chi connectivity index (χ1v) is 8.84. The molecule has 9 heteroatoms. The van der Waals surface area contributed by atoms with Crippen LogP contribution in [0.25, 0.3) is 11.5 Å². The molecular weight excluding hydrogens is 320 g/mol. The first-order chi connectivity index (χ1) is 10.7. The molecule has 0 radical (unpaired) electrons. The van der Waals surface area contributed by atoms with Crippen molar-refractivity contribution in [2.24, 2.45) is 5.73 Å². The van der Waals surface area contributed by atoms with Crippen LogP contribution in [0.1, 0.15) is 37.3 Å². The van der Waals surface area contributed by atoms with Crippen LogP contribution < -0.4 is 5.73 Å². The summed E-state index contributed by atoms with van der Waals surface area (Å²) in [4.78, 5) is 4.36. The quantitative estimate of drug-likeness (QED) is 0.899. The van der Waals surface area contributed by atoms with Crippen molar-refractivity contribution in [2.45, 2.75) is 43.2 Å². The number of hydrogen-bond acceptors (Lipinski definition) is 7. The predicted molar refractivity (Wildman–Crippen MR) is 81.9 cm³/mol. The number of rotatable bonds is 4. The number of hydrogen-bond donors (Lipinski definition) is 1. The average molecular weight is 340 g/mol. The molecule has 2 aromatic rings. The van der Waals surface area contributed by atoms with E-state index in [1.165, 1.54) is 20.2 Å². The second-order valence-corrected chi connectivity index (χ2v) is 8.19. The third-order valence-electron chi connectivity index (χ3n) is 4.23. The van der Waals surface area contributed by atoms with Gasteiger partial charge in [-0.1, -0.05) is 18.0 Å². The Morgan fingerprint density at radius 3 is 2.57 bits per heavy atom. The molecule has 0 amide bonds. The molecule has 0 bridgehead atoms. The summed E-state index contributed by atoms with van der Waals surface area (Å²) in [7, 11) is -0.775. The summed E-state index contributed by atoms with van der Waals surface area (Å²) in [5.41, 5.74) is 6.22. The summed E-state index contributed by atoms with van der Waals surface area (Å²) in [6, 6.07) is 1.40. The molecule has 0 aliphatic heterocycles. The highest BCUT2D eigenvalue weighted by Crippen LogP contribution is 2.36. The molecule has 1 aliphatic rings. The lowest BCUT2D eigenvalue weighted by Gasteiger charge is -2.17. The summed E-state index contributed by atoms with van der Waals surface area (Å²) in [5, 5.41) is 3.83. The fourth-order valence-corrected chi connectivity index (χ4v) is 3.60. The maximum atomic E-state index is 12.1. The van der Waals surface area contributed by atoms with E-state index in [9.17, 15) is 8.42 Å². The number of nitrogens with zero attached hydrogens (tertiary/aromatic N) is 3. The highest BCUT2D eigenvalue weighted by molar-refractivity contribution is 7.88. The molecule has 0 unspecified atom stereocenters. The number of aromatic nitrogens is 2. The SMILES string of the molecule is Cc1oc(S(=O)(=O)N(C)C)cc1-c1nc(C2(N)CCCC2)no1. The zero-order valence-corrected chi connectivity index (χ0v) is 14.2. The summed E-state index contributed by atoms with van der Waals surface area (Å²) in [6.45, 7) is 1.65. The Balaban J connectivity index is 1.98. The minimum absolute atomic E-state index is 0.155. The fraction of sp³-hybridized carbons (Fsp3) is 0.571. The third-order valence-corrected chi connectivity index (χ3v) is 5.90. The summed E-state index contributed by atoms with van der Waals surface area (Å²) >= 11 is 0. The molecule has 3 rings (SSSR count). The van der Waals surface area contributed by atoms with E-state index in [2.05, 4.69) is 10.1 Å². The third kappa shape index (κ3) is 2.68. The van der Waals surface area contributed by atoms with Gasteiger partial charge in [0.25, 0.3) is 15.9 Å². The van der Waals surface area contributed by atoms with Crippen LogP contribution in [0, 0.1) is 6.92 Å². The van der Waals surface area contributed by atoms with Crippen LogP contribution in [-0.2, 0) is 15.6 Å². The molecular formula is C14H20N4O4S. The summed E-state index contributed by atoms with van der Waals surface area (Å²) in [6.07, 6.45) is 3.71. The molecule has 8 nitrogen and oxygen atoms in total. The van der Waals surface area contributed by atoms with Crippen molar-refractivity contribution in [2.75, 3.05) is 14.1 Å². The molecule has 1 aliphatic carbocycles. The largest absolute Gasteiger partial charge is 0.448 e. The topological polar surface area (TPSA) is 115 Å². The first-order valence-electron chi connectivity index (χ1n) is 7.40. The van der Waals surface area contributed by atoms with Gasteiger partial charge in [0.1, 0.15) is 5.76 Å². The van der Waals surface area contributed by atoms with Crippen LogP contribution >= 0.6 is 0 Å². The lowest BCUT2D eigenvalue weighted by atomic mass is 9.99. The molecule has 1 fully saturated rings. The molecule has 2 aromatic heterocycles. The molecule has 2 N–H and O–H groups in total. The Bertz CT molecular complexity index is 816. The molecule has 126 valence electrons. The van der Waals surface area contributed by atoms with E-state index >= 15 is 0 Å². The Labute approximate surface area is 134 Å². The minimum Gasteiger partial charge on any atom is -0.448 e. The van der Waals surface area contributed by atoms with Gasteiger partial charge in [-0.05, 0) is 19.8 Å². The Hall–Kier alpha value is -1.71. The van der Waals surface area contributed by atoms with Crippen molar-refractivity contribution >= 4 is 10.0 Å². The van der Waals surface area contributed by atoms with Gasteiger partial charge >= 0.3 is 0 Å². The van der Waals surface area contributed by atoms with Crippen molar-refractivity contribution in [3.63, 3.8) is 0 Å². The Morgan fingerprint density at radius 1 is 1.30 bits per heavy atom. The van der Waals surface area contributed by atoms with Crippen molar-refractivity contribution in [1.82, 2.24) is 14.4 Å². The predicted octanol–water partition coefficient (Wildman–Crippen LogP) is 1.62. The van der Waals surface area contributed by atoms with Crippen molar-refractivity contribution in [3.8, 4) is 11.5 Å².